The first kappa shape index (κ1) is 29.5. The van der Waals surface area contributed by atoms with Crippen molar-refractivity contribution in [2.75, 3.05) is 13.1 Å². The Balaban J connectivity index is 2.57. The molecule has 0 aromatic rings. The molecule has 0 N–H and O–H groups in total. The van der Waals surface area contributed by atoms with Gasteiger partial charge < -0.3 is 0 Å². The molecule has 0 atom stereocenters. The van der Waals surface area contributed by atoms with Crippen LogP contribution >= 0.6 is 0 Å². The highest BCUT2D eigenvalue weighted by molar-refractivity contribution is 5.85. The molecule has 0 saturated carbocycles. The van der Waals surface area contributed by atoms with Gasteiger partial charge in [0.05, 0.1) is 0 Å². The van der Waals surface area contributed by atoms with E-state index in [-0.39, 0.29) is 0 Å². The summed E-state index contributed by atoms with van der Waals surface area (Å²) >= 11 is 0. The summed E-state index contributed by atoms with van der Waals surface area (Å²) in [5.74, 6) is 13.2. The van der Waals surface area contributed by atoms with Crippen molar-refractivity contribution in [2.45, 2.75) is 104 Å². The van der Waals surface area contributed by atoms with E-state index in [1.165, 1.54) is 64.2 Å². The SMILES string of the molecule is C/C=C\C=C1C#CCCCCCCC#CC(=C/C)/C=C\C=NCCCCCCCCCCN=C1. The zero-order chi connectivity index (χ0) is 24.4. The quantitative estimate of drug-likeness (QED) is 0.351. The summed E-state index contributed by atoms with van der Waals surface area (Å²) in [5, 5.41) is 0. The Morgan fingerprint density at radius 1 is 0.676 bits per heavy atom. The van der Waals surface area contributed by atoms with E-state index >= 15 is 0 Å². The van der Waals surface area contributed by atoms with Crippen molar-refractivity contribution < 1.29 is 0 Å². The van der Waals surface area contributed by atoms with Gasteiger partial charge in [-0.2, -0.15) is 0 Å². The van der Waals surface area contributed by atoms with Gasteiger partial charge >= 0.3 is 0 Å². The molecule has 0 aliphatic carbocycles. The third kappa shape index (κ3) is 18.9. The van der Waals surface area contributed by atoms with Crippen LogP contribution in [0.5, 0.6) is 0 Å². The molecule has 184 valence electrons. The number of hydrogen-bond acceptors (Lipinski definition) is 2. The molecule has 0 spiro atoms. The number of nitrogens with zero attached hydrogens (tertiary/aromatic N) is 2. The second kappa shape index (κ2) is 23.6. The van der Waals surface area contributed by atoms with Gasteiger partial charge in [0, 0.05) is 49.5 Å². The van der Waals surface area contributed by atoms with Crippen LogP contribution in [-0.4, -0.2) is 25.5 Å². The van der Waals surface area contributed by atoms with Crippen molar-refractivity contribution in [3.8, 4) is 23.7 Å². The molecule has 0 fully saturated rings. The van der Waals surface area contributed by atoms with E-state index in [0.717, 1.165) is 49.9 Å². The molecule has 0 saturated heterocycles. The highest BCUT2D eigenvalue weighted by atomic mass is 14.7. The summed E-state index contributed by atoms with van der Waals surface area (Å²) in [6, 6.07) is 0. The van der Waals surface area contributed by atoms with E-state index in [9.17, 15) is 0 Å². The van der Waals surface area contributed by atoms with Crippen LogP contribution < -0.4 is 0 Å². The number of rotatable bonds is 1. The molecular weight excluding hydrogens is 412 g/mol. The second-order valence-corrected chi connectivity index (χ2v) is 8.69. The minimum atomic E-state index is 0.903. The van der Waals surface area contributed by atoms with Crippen LogP contribution in [0.15, 0.2) is 57.6 Å². The predicted molar refractivity (Wildman–Crippen MR) is 153 cm³/mol. The molecule has 0 amide bonds. The maximum Gasteiger partial charge on any atom is 0.0423 e. The van der Waals surface area contributed by atoms with Gasteiger partial charge in [0.1, 0.15) is 0 Å². The molecule has 1 aliphatic heterocycles. The van der Waals surface area contributed by atoms with Crippen molar-refractivity contribution in [3.63, 3.8) is 0 Å². The largest absolute Gasteiger partial charge is 0.293 e. The normalized spacial score (nSPS) is 22.3. The lowest BCUT2D eigenvalue weighted by atomic mass is 10.1. The van der Waals surface area contributed by atoms with Crippen molar-refractivity contribution in [3.05, 3.63) is 47.6 Å². The van der Waals surface area contributed by atoms with Gasteiger partial charge in [-0.1, -0.05) is 93.3 Å². The topological polar surface area (TPSA) is 24.7 Å². The Morgan fingerprint density at radius 2 is 1.24 bits per heavy atom. The fraction of sp³-hybridized carbons (Fsp3) is 0.562. The minimum Gasteiger partial charge on any atom is -0.293 e. The fourth-order valence-electron chi connectivity index (χ4n) is 3.55. The highest BCUT2D eigenvalue weighted by Crippen LogP contribution is 2.09. The fourth-order valence-corrected chi connectivity index (χ4v) is 3.55. The Morgan fingerprint density at radius 3 is 1.85 bits per heavy atom. The Hall–Kier alpha value is -2.58. The summed E-state index contributed by atoms with van der Waals surface area (Å²) in [6.07, 6.45) is 33.0. The summed E-state index contributed by atoms with van der Waals surface area (Å²) in [6.45, 7) is 5.90. The lowest BCUT2D eigenvalue weighted by molar-refractivity contribution is 0.573. The number of allylic oxidation sites excluding steroid dienone is 8. The molecule has 0 unspecified atom stereocenters. The number of hydrogen-bond donors (Lipinski definition) is 0. The number of aliphatic imine (C=N–C) groups is 2. The van der Waals surface area contributed by atoms with Crippen molar-refractivity contribution in [1.29, 1.82) is 0 Å². The smallest absolute Gasteiger partial charge is 0.0423 e. The predicted octanol–water partition coefficient (Wildman–Crippen LogP) is 8.61. The Kier molecular flexibility index (Phi) is 20.4. The van der Waals surface area contributed by atoms with Crippen molar-refractivity contribution in [1.82, 2.24) is 0 Å². The molecule has 0 aromatic carbocycles. The third-order valence-corrected chi connectivity index (χ3v) is 5.62. The molecular formula is C32H46N2. The van der Waals surface area contributed by atoms with Crippen molar-refractivity contribution in [2.24, 2.45) is 9.98 Å². The second-order valence-electron chi connectivity index (χ2n) is 8.69. The van der Waals surface area contributed by atoms with Crippen LogP contribution in [0.4, 0.5) is 0 Å². The van der Waals surface area contributed by atoms with E-state index < -0.39 is 0 Å². The van der Waals surface area contributed by atoms with Crippen molar-refractivity contribution >= 4 is 12.4 Å². The van der Waals surface area contributed by atoms with Crippen LogP contribution in [0.2, 0.25) is 0 Å². The monoisotopic (exact) mass is 458 g/mol. The van der Waals surface area contributed by atoms with Gasteiger partial charge in [-0.3, -0.25) is 9.98 Å². The zero-order valence-corrected chi connectivity index (χ0v) is 21.8. The van der Waals surface area contributed by atoms with Gasteiger partial charge in [0.25, 0.3) is 0 Å². The van der Waals surface area contributed by atoms with Gasteiger partial charge in [-0.15, -0.1) is 0 Å². The maximum atomic E-state index is 4.62. The van der Waals surface area contributed by atoms with Gasteiger partial charge in [0.15, 0.2) is 0 Å². The van der Waals surface area contributed by atoms with Crippen LogP contribution in [0.1, 0.15) is 104 Å². The first-order chi connectivity index (χ1) is 16.9. The Labute approximate surface area is 210 Å². The molecule has 0 bridgehead atoms. The van der Waals surface area contributed by atoms with Gasteiger partial charge in [-0.05, 0) is 57.8 Å². The average Bonchev–Trinajstić information content (AvgIpc) is 2.85. The van der Waals surface area contributed by atoms with E-state index in [0.29, 0.717) is 0 Å². The van der Waals surface area contributed by atoms with E-state index in [1.54, 1.807) is 0 Å². The lowest BCUT2D eigenvalue weighted by Gasteiger charge is -2.00. The highest BCUT2D eigenvalue weighted by Gasteiger charge is 1.93. The molecule has 0 aromatic heterocycles. The van der Waals surface area contributed by atoms with Crippen LogP contribution in [0.25, 0.3) is 0 Å². The summed E-state index contributed by atoms with van der Waals surface area (Å²) in [7, 11) is 0. The molecule has 1 heterocycles. The van der Waals surface area contributed by atoms with Crippen LogP contribution in [-0.2, 0) is 0 Å². The van der Waals surface area contributed by atoms with Crippen LogP contribution in [0.3, 0.4) is 0 Å². The van der Waals surface area contributed by atoms with Crippen LogP contribution in [0, 0.1) is 23.7 Å². The average molecular weight is 459 g/mol. The molecule has 1 aliphatic rings. The lowest BCUT2D eigenvalue weighted by Crippen LogP contribution is -1.87. The molecule has 34 heavy (non-hydrogen) atoms. The van der Waals surface area contributed by atoms with E-state index in [1.807, 2.05) is 44.5 Å². The first-order valence-corrected chi connectivity index (χ1v) is 13.5. The molecule has 2 nitrogen and oxygen atoms in total. The zero-order valence-electron chi connectivity index (χ0n) is 21.8. The molecule has 0 radical (unpaired) electrons. The van der Waals surface area contributed by atoms with Gasteiger partial charge in [0.2, 0.25) is 0 Å². The first-order valence-electron chi connectivity index (χ1n) is 13.5. The molecule has 2 heteroatoms. The summed E-state index contributed by atoms with van der Waals surface area (Å²) in [4.78, 5) is 9.12. The summed E-state index contributed by atoms with van der Waals surface area (Å²) < 4.78 is 0. The molecule has 1 rings (SSSR count). The van der Waals surface area contributed by atoms with E-state index in [2.05, 4.69) is 51.9 Å². The Bertz CT molecular complexity index is 813. The summed E-state index contributed by atoms with van der Waals surface area (Å²) in [5.41, 5.74) is 2.08. The maximum absolute atomic E-state index is 4.62. The van der Waals surface area contributed by atoms with E-state index in [4.69, 9.17) is 0 Å². The minimum absolute atomic E-state index is 0.903. The standard InChI is InChI=1S/C32H46N2/c1-3-5-23-32-25-19-15-11-7-6-10-14-18-24-31(4-2)26-22-29-33-27-20-16-12-8-9-13-17-21-28-34-30-32/h3-5,22-23,26,29-30H,6-17,20-21,27-28H2,1-2H3/b5-3-,26-22-,31-4-,32-23?,33-29?,34-30?. The third-order valence-electron chi connectivity index (χ3n) is 5.62. The van der Waals surface area contributed by atoms with Gasteiger partial charge in [-0.25, -0.2) is 0 Å².